The number of esters is 2. The third kappa shape index (κ3) is 5.05. The zero-order chi connectivity index (χ0) is 19.1. The van der Waals surface area contributed by atoms with Gasteiger partial charge in [-0.15, -0.1) is 0 Å². The first kappa shape index (κ1) is 18.4. The first-order valence-corrected chi connectivity index (χ1v) is 8.78. The fraction of sp³-hybridized carbons (Fsp3) is 0.130. The topological polar surface area (TPSA) is 52.6 Å². The minimum absolute atomic E-state index is 0.212. The van der Waals surface area contributed by atoms with E-state index in [4.69, 9.17) is 9.47 Å². The van der Waals surface area contributed by atoms with Crippen molar-refractivity contribution in [3.63, 3.8) is 0 Å². The van der Waals surface area contributed by atoms with Crippen LogP contribution in [0.25, 0.3) is 0 Å². The lowest BCUT2D eigenvalue weighted by Crippen LogP contribution is -2.09. The molecule has 0 unspecified atom stereocenters. The molecule has 0 saturated carbocycles. The van der Waals surface area contributed by atoms with Crippen LogP contribution in [0.15, 0.2) is 78.9 Å². The number of carbonyl (C=O) groups excluding carboxylic acids is 2. The van der Waals surface area contributed by atoms with E-state index in [1.165, 1.54) is 0 Å². The van der Waals surface area contributed by atoms with Crippen molar-refractivity contribution in [1.82, 2.24) is 0 Å². The summed E-state index contributed by atoms with van der Waals surface area (Å²) in [4.78, 5) is 24.3. The Labute approximate surface area is 158 Å². The van der Waals surface area contributed by atoms with E-state index >= 15 is 0 Å². The van der Waals surface area contributed by atoms with E-state index in [0.717, 1.165) is 17.5 Å². The van der Waals surface area contributed by atoms with Crippen molar-refractivity contribution in [2.24, 2.45) is 0 Å². The molecule has 0 bridgehead atoms. The van der Waals surface area contributed by atoms with Crippen LogP contribution in [0.1, 0.15) is 38.8 Å². The van der Waals surface area contributed by atoms with Gasteiger partial charge in [-0.25, -0.2) is 9.59 Å². The van der Waals surface area contributed by atoms with Crippen LogP contribution < -0.4 is 4.74 Å². The monoisotopic (exact) mass is 360 g/mol. The highest BCUT2D eigenvalue weighted by Crippen LogP contribution is 2.16. The van der Waals surface area contributed by atoms with Crippen molar-refractivity contribution in [3.05, 3.63) is 101 Å². The molecule has 4 nitrogen and oxygen atoms in total. The lowest BCUT2D eigenvalue weighted by molar-refractivity contribution is 0.0472. The minimum atomic E-state index is -0.433. The van der Waals surface area contributed by atoms with Gasteiger partial charge in [0.2, 0.25) is 0 Å². The van der Waals surface area contributed by atoms with Gasteiger partial charge in [-0.05, 0) is 53.9 Å². The summed E-state index contributed by atoms with van der Waals surface area (Å²) in [6.45, 7) is 2.27. The van der Waals surface area contributed by atoms with E-state index in [2.05, 4.69) is 6.92 Å². The molecule has 0 N–H and O–H groups in total. The van der Waals surface area contributed by atoms with E-state index in [1.807, 2.05) is 42.5 Å². The van der Waals surface area contributed by atoms with Gasteiger partial charge in [0.25, 0.3) is 0 Å². The highest BCUT2D eigenvalue weighted by atomic mass is 16.5. The Balaban J connectivity index is 1.57. The Morgan fingerprint density at radius 3 is 1.93 bits per heavy atom. The molecule has 0 radical (unpaired) electrons. The third-order valence-electron chi connectivity index (χ3n) is 4.11. The number of ether oxygens (including phenoxy) is 2. The summed E-state index contributed by atoms with van der Waals surface area (Å²) in [7, 11) is 0. The maximum atomic E-state index is 12.2. The van der Waals surface area contributed by atoms with Crippen molar-refractivity contribution < 1.29 is 19.1 Å². The van der Waals surface area contributed by atoms with Crippen LogP contribution in [-0.2, 0) is 17.8 Å². The average Bonchev–Trinajstić information content (AvgIpc) is 2.73. The predicted octanol–water partition coefficient (Wildman–Crippen LogP) is 4.83. The van der Waals surface area contributed by atoms with Gasteiger partial charge in [-0.3, -0.25) is 0 Å². The van der Waals surface area contributed by atoms with Crippen LogP contribution in [0.3, 0.4) is 0 Å². The summed E-state index contributed by atoms with van der Waals surface area (Å²) in [5.74, 6) is -0.483. The molecule has 27 heavy (non-hydrogen) atoms. The number of aryl methyl sites for hydroxylation is 1. The molecule has 0 amide bonds. The Morgan fingerprint density at radius 1 is 0.704 bits per heavy atom. The summed E-state index contributed by atoms with van der Waals surface area (Å²) < 4.78 is 10.6. The van der Waals surface area contributed by atoms with Crippen LogP contribution in [0.5, 0.6) is 5.75 Å². The van der Waals surface area contributed by atoms with E-state index in [-0.39, 0.29) is 6.61 Å². The van der Waals surface area contributed by atoms with Crippen LogP contribution in [0.2, 0.25) is 0 Å². The van der Waals surface area contributed by atoms with Gasteiger partial charge in [0.15, 0.2) is 0 Å². The lowest BCUT2D eigenvalue weighted by Gasteiger charge is -2.07. The molecule has 0 aliphatic heterocycles. The molecule has 3 aromatic carbocycles. The number of carbonyl (C=O) groups is 2. The van der Waals surface area contributed by atoms with Gasteiger partial charge in [-0.1, -0.05) is 49.4 Å². The molecular weight excluding hydrogens is 340 g/mol. The molecule has 0 saturated heterocycles. The van der Waals surface area contributed by atoms with Gasteiger partial charge in [0.1, 0.15) is 12.4 Å². The Morgan fingerprint density at radius 2 is 1.30 bits per heavy atom. The van der Waals surface area contributed by atoms with Crippen molar-refractivity contribution in [2.75, 3.05) is 0 Å². The van der Waals surface area contributed by atoms with Crippen LogP contribution in [0, 0.1) is 0 Å². The summed E-state index contributed by atoms with van der Waals surface area (Å²) >= 11 is 0. The second-order valence-corrected chi connectivity index (χ2v) is 6.03. The van der Waals surface area contributed by atoms with Gasteiger partial charge >= 0.3 is 11.9 Å². The number of hydrogen-bond donors (Lipinski definition) is 0. The highest BCUT2D eigenvalue weighted by Gasteiger charge is 2.11. The molecule has 0 aliphatic carbocycles. The van der Waals surface area contributed by atoms with Crippen LogP contribution >= 0.6 is 0 Å². The van der Waals surface area contributed by atoms with Crippen molar-refractivity contribution in [2.45, 2.75) is 20.0 Å². The highest BCUT2D eigenvalue weighted by molar-refractivity contribution is 5.92. The van der Waals surface area contributed by atoms with Crippen molar-refractivity contribution in [1.29, 1.82) is 0 Å². The molecule has 136 valence electrons. The van der Waals surface area contributed by atoms with Gasteiger partial charge in [0.05, 0.1) is 11.1 Å². The molecule has 3 rings (SSSR count). The summed E-state index contributed by atoms with van der Waals surface area (Å²) in [6.07, 6.45) is 0.914. The van der Waals surface area contributed by atoms with Gasteiger partial charge < -0.3 is 9.47 Å². The number of benzene rings is 3. The second-order valence-electron chi connectivity index (χ2n) is 6.03. The summed E-state index contributed by atoms with van der Waals surface area (Å²) in [6, 6.07) is 23.1. The molecule has 0 heterocycles. The minimum Gasteiger partial charge on any atom is -0.457 e. The fourth-order valence-corrected chi connectivity index (χ4v) is 2.51. The van der Waals surface area contributed by atoms with E-state index < -0.39 is 11.9 Å². The smallest absolute Gasteiger partial charge is 0.343 e. The zero-order valence-electron chi connectivity index (χ0n) is 15.1. The quantitative estimate of drug-likeness (QED) is 0.467. The van der Waals surface area contributed by atoms with Crippen LogP contribution in [0.4, 0.5) is 0 Å². The number of hydrogen-bond acceptors (Lipinski definition) is 4. The normalized spacial score (nSPS) is 10.3. The molecular formula is C23H20O4. The van der Waals surface area contributed by atoms with Gasteiger partial charge in [0, 0.05) is 0 Å². The lowest BCUT2D eigenvalue weighted by atomic mass is 10.1. The molecule has 4 heteroatoms. The summed E-state index contributed by atoms with van der Waals surface area (Å²) in [5, 5.41) is 0. The molecule has 0 atom stereocenters. The van der Waals surface area contributed by atoms with E-state index in [1.54, 1.807) is 36.4 Å². The first-order valence-electron chi connectivity index (χ1n) is 8.78. The fourth-order valence-electron chi connectivity index (χ4n) is 2.51. The van der Waals surface area contributed by atoms with Gasteiger partial charge in [-0.2, -0.15) is 0 Å². The van der Waals surface area contributed by atoms with Crippen molar-refractivity contribution in [3.8, 4) is 5.75 Å². The number of rotatable bonds is 6. The molecule has 0 fully saturated rings. The summed E-state index contributed by atoms with van der Waals surface area (Å²) in [5.41, 5.74) is 2.96. The van der Waals surface area contributed by atoms with Crippen LogP contribution in [-0.4, -0.2) is 11.9 Å². The van der Waals surface area contributed by atoms with E-state index in [9.17, 15) is 9.59 Å². The SMILES string of the molecule is CCc1ccc(C(=O)Oc2ccc(C(=O)OCc3ccccc3)cc2)cc1. The largest absolute Gasteiger partial charge is 0.457 e. The van der Waals surface area contributed by atoms with Crippen molar-refractivity contribution >= 4 is 11.9 Å². The molecule has 0 aliphatic rings. The first-order chi connectivity index (χ1) is 13.2. The Kier molecular flexibility index (Phi) is 6.00. The zero-order valence-corrected chi connectivity index (χ0v) is 15.1. The molecule has 0 spiro atoms. The molecule has 3 aromatic rings. The maximum Gasteiger partial charge on any atom is 0.343 e. The predicted molar refractivity (Wildman–Crippen MR) is 103 cm³/mol. The third-order valence-corrected chi connectivity index (χ3v) is 4.11. The van der Waals surface area contributed by atoms with E-state index in [0.29, 0.717) is 16.9 Å². The second kappa shape index (κ2) is 8.81. The molecule has 0 aromatic heterocycles. The maximum absolute atomic E-state index is 12.2. The Hall–Kier alpha value is -3.40. The average molecular weight is 360 g/mol. The standard InChI is InChI=1S/C23H20O4/c1-2-17-8-10-20(11-9-17)23(25)27-21-14-12-19(13-15-21)22(24)26-16-18-6-4-3-5-7-18/h3-15H,2,16H2,1H3. The Bertz CT molecular complexity index is 897.